The second-order valence-electron chi connectivity index (χ2n) is 5.16. The second kappa shape index (κ2) is 4.61. The lowest BCUT2D eigenvalue weighted by Gasteiger charge is -2.40. The maximum Gasteiger partial charge on any atom is 0.244 e. The molecule has 1 heterocycles. The van der Waals surface area contributed by atoms with Crippen molar-refractivity contribution in [1.82, 2.24) is 9.62 Å². The molecular weight excluding hydrogens is 264 g/mol. The maximum absolute atomic E-state index is 12.7. The zero-order valence-corrected chi connectivity index (χ0v) is 12.1. The number of rotatable bonds is 2. The number of aryl methyl sites for hydroxylation is 1. The summed E-state index contributed by atoms with van der Waals surface area (Å²) in [5.41, 5.74) is -0.386. The second-order valence-corrected chi connectivity index (χ2v) is 6.99. The van der Waals surface area contributed by atoms with E-state index in [0.717, 1.165) is 0 Å². The third-order valence-corrected chi connectivity index (χ3v) is 5.67. The molecule has 0 bridgehead atoms. The van der Waals surface area contributed by atoms with E-state index in [-0.39, 0.29) is 17.3 Å². The first kappa shape index (κ1) is 14.0. The van der Waals surface area contributed by atoms with E-state index in [2.05, 4.69) is 5.32 Å². The molecule has 0 aromatic heterocycles. The van der Waals surface area contributed by atoms with Gasteiger partial charge >= 0.3 is 0 Å². The minimum Gasteiger partial charge on any atom is -0.353 e. The van der Waals surface area contributed by atoms with E-state index in [1.165, 1.54) is 4.31 Å². The van der Waals surface area contributed by atoms with Crippen molar-refractivity contribution in [3.05, 3.63) is 29.8 Å². The highest BCUT2D eigenvalue weighted by Gasteiger charge is 2.45. The fraction of sp³-hybridized carbons (Fsp3) is 0.462. The Balaban J connectivity index is 2.51. The fourth-order valence-corrected chi connectivity index (χ4v) is 4.24. The molecule has 1 amide bonds. The van der Waals surface area contributed by atoms with Crippen LogP contribution in [0, 0.1) is 6.92 Å². The first-order valence-electron chi connectivity index (χ1n) is 6.14. The van der Waals surface area contributed by atoms with Crippen molar-refractivity contribution < 1.29 is 13.2 Å². The standard InChI is InChI=1S/C13H18N2O3S/c1-10-6-4-5-7-11(10)19(17,18)15-9-8-14-12(16)13(15,2)3/h4-7H,8-9H2,1-3H3,(H,14,16). The molecule has 0 aliphatic carbocycles. The number of carbonyl (C=O) groups is 1. The fourth-order valence-electron chi connectivity index (χ4n) is 2.27. The van der Waals surface area contributed by atoms with Crippen LogP contribution in [0.4, 0.5) is 0 Å². The SMILES string of the molecule is Cc1ccccc1S(=O)(=O)N1CCNC(=O)C1(C)C. The number of nitrogens with zero attached hydrogens (tertiary/aromatic N) is 1. The molecule has 5 nitrogen and oxygen atoms in total. The molecule has 0 spiro atoms. The average Bonchev–Trinajstić information content (AvgIpc) is 2.32. The Hall–Kier alpha value is -1.40. The molecule has 1 fully saturated rings. The van der Waals surface area contributed by atoms with Crippen LogP contribution in [-0.4, -0.2) is 37.3 Å². The molecule has 1 aliphatic heterocycles. The van der Waals surface area contributed by atoms with Gasteiger partial charge in [0.05, 0.1) is 4.90 Å². The molecule has 1 saturated heterocycles. The molecule has 0 saturated carbocycles. The summed E-state index contributed by atoms with van der Waals surface area (Å²) in [5.74, 6) is -0.268. The number of piperazine rings is 1. The van der Waals surface area contributed by atoms with Crippen LogP contribution in [0.5, 0.6) is 0 Å². The van der Waals surface area contributed by atoms with Crippen LogP contribution in [0.15, 0.2) is 29.2 Å². The number of hydrogen-bond donors (Lipinski definition) is 1. The van der Waals surface area contributed by atoms with Crippen molar-refractivity contribution in [2.45, 2.75) is 31.2 Å². The molecule has 2 rings (SSSR count). The van der Waals surface area contributed by atoms with E-state index >= 15 is 0 Å². The van der Waals surface area contributed by atoms with E-state index in [1.807, 2.05) is 0 Å². The van der Waals surface area contributed by atoms with Gasteiger partial charge in [0.15, 0.2) is 0 Å². The molecule has 6 heteroatoms. The molecule has 1 aliphatic rings. The van der Waals surface area contributed by atoms with Crippen LogP contribution in [0.1, 0.15) is 19.4 Å². The third-order valence-electron chi connectivity index (χ3n) is 3.44. The summed E-state index contributed by atoms with van der Waals surface area (Å²) in [5, 5.41) is 2.70. The van der Waals surface area contributed by atoms with Gasteiger partial charge in [-0.2, -0.15) is 4.31 Å². The maximum atomic E-state index is 12.7. The van der Waals surface area contributed by atoms with E-state index in [1.54, 1.807) is 45.0 Å². The van der Waals surface area contributed by atoms with Crippen LogP contribution in [0.3, 0.4) is 0 Å². The van der Waals surface area contributed by atoms with Gasteiger partial charge in [0, 0.05) is 13.1 Å². The van der Waals surface area contributed by atoms with Crippen LogP contribution >= 0.6 is 0 Å². The quantitative estimate of drug-likeness (QED) is 0.876. The Kier molecular flexibility index (Phi) is 3.40. The third kappa shape index (κ3) is 2.26. The number of nitrogens with one attached hydrogen (secondary N) is 1. The summed E-state index contributed by atoms with van der Waals surface area (Å²) in [6.45, 7) is 5.63. The van der Waals surface area contributed by atoms with Crippen molar-refractivity contribution in [1.29, 1.82) is 0 Å². The number of carbonyl (C=O) groups excluding carboxylic acids is 1. The number of sulfonamides is 1. The Labute approximate surface area is 113 Å². The van der Waals surface area contributed by atoms with Crippen LogP contribution in [0.2, 0.25) is 0 Å². The summed E-state index contributed by atoms with van der Waals surface area (Å²) < 4.78 is 26.7. The lowest BCUT2D eigenvalue weighted by molar-refractivity contribution is -0.131. The molecule has 1 aromatic carbocycles. The Morgan fingerprint density at radius 2 is 1.89 bits per heavy atom. The molecule has 1 aromatic rings. The highest BCUT2D eigenvalue weighted by Crippen LogP contribution is 2.28. The van der Waals surface area contributed by atoms with Crippen LogP contribution in [0.25, 0.3) is 0 Å². The Bertz CT molecular complexity index is 608. The van der Waals surface area contributed by atoms with Crippen molar-refractivity contribution in [3.8, 4) is 0 Å². The minimum atomic E-state index is -3.66. The highest BCUT2D eigenvalue weighted by atomic mass is 32.2. The van der Waals surface area contributed by atoms with E-state index < -0.39 is 15.6 Å². The molecular formula is C13H18N2O3S. The molecule has 1 N–H and O–H groups in total. The summed E-state index contributed by atoms with van der Waals surface area (Å²) in [7, 11) is -3.66. The monoisotopic (exact) mass is 282 g/mol. The van der Waals surface area contributed by atoms with Gasteiger partial charge < -0.3 is 5.32 Å². The molecule has 0 unspecified atom stereocenters. The van der Waals surface area contributed by atoms with E-state index in [9.17, 15) is 13.2 Å². The Morgan fingerprint density at radius 1 is 1.26 bits per heavy atom. The van der Waals surface area contributed by atoms with Gasteiger partial charge in [-0.05, 0) is 32.4 Å². The van der Waals surface area contributed by atoms with Crippen molar-refractivity contribution >= 4 is 15.9 Å². The molecule has 19 heavy (non-hydrogen) atoms. The number of amides is 1. The zero-order chi connectivity index (χ0) is 14.3. The molecule has 0 atom stereocenters. The minimum absolute atomic E-state index is 0.262. The Morgan fingerprint density at radius 3 is 2.53 bits per heavy atom. The van der Waals surface area contributed by atoms with E-state index in [0.29, 0.717) is 12.1 Å². The lowest BCUT2D eigenvalue weighted by Crippen LogP contribution is -2.63. The normalized spacial score (nSPS) is 20.1. The largest absolute Gasteiger partial charge is 0.353 e. The van der Waals surface area contributed by atoms with Crippen LogP contribution < -0.4 is 5.32 Å². The molecule has 104 valence electrons. The number of benzene rings is 1. The number of hydrogen-bond acceptors (Lipinski definition) is 3. The van der Waals surface area contributed by atoms with Gasteiger partial charge in [0.2, 0.25) is 15.9 Å². The lowest BCUT2D eigenvalue weighted by atomic mass is 10.0. The topological polar surface area (TPSA) is 66.5 Å². The summed E-state index contributed by atoms with van der Waals surface area (Å²) in [4.78, 5) is 12.1. The van der Waals surface area contributed by atoms with Gasteiger partial charge in [-0.25, -0.2) is 8.42 Å². The van der Waals surface area contributed by atoms with Gasteiger partial charge in [0.1, 0.15) is 5.54 Å². The van der Waals surface area contributed by atoms with Crippen molar-refractivity contribution in [3.63, 3.8) is 0 Å². The average molecular weight is 282 g/mol. The smallest absolute Gasteiger partial charge is 0.244 e. The first-order valence-corrected chi connectivity index (χ1v) is 7.58. The van der Waals surface area contributed by atoms with Gasteiger partial charge in [-0.3, -0.25) is 4.79 Å². The summed E-state index contributed by atoms with van der Waals surface area (Å²) in [6.07, 6.45) is 0. The van der Waals surface area contributed by atoms with Crippen molar-refractivity contribution in [2.24, 2.45) is 0 Å². The van der Waals surface area contributed by atoms with Crippen LogP contribution in [-0.2, 0) is 14.8 Å². The zero-order valence-electron chi connectivity index (χ0n) is 11.3. The summed E-state index contributed by atoms with van der Waals surface area (Å²) in [6, 6.07) is 6.82. The first-order chi connectivity index (χ1) is 8.78. The summed E-state index contributed by atoms with van der Waals surface area (Å²) >= 11 is 0. The van der Waals surface area contributed by atoms with Crippen molar-refractivity contribution in [2.75, 3.05) is 13.1 Å². The predicted octanol–water partition coefficient (Wildman–Crippen LogP) is 0.894. The van der Waals surface area contributed by atoms with Gasteiger partial charge in [-0.15, -0.1) is 0 Å². The van der Waals surface area contributed by atoms with Gasteiger partial charge in [-0.1, -0.05) is 18.2 Å². The van der Waals surface area contributed by atoms with E-state index in [4.69, 9.17) is 0 Å². The predicted molar refractivity (Wildman–Crippen MR) is 72.2 cm³/mol. The highest BCUT2D eigenvalue weighted by molar-refractivity contribution is 7.89. The molecule has 0 radical (unpaired) electrons. The van der Waals surface area contributed by atoms with Gasteiger partial charge in [0.25, 0.3) is 0 Å².